The van der Waals surface area contributed by atoms with E-state index in [2.05, 4.69) is 50.3 Å². The van der Waals surface area contributed by atoms with E-state index in [1.165, 1.54) is 36.8 Å². The highest BCUT2D eigenvalue weighted by Gasteiger charge is 2.20. The number of H-pyrrole nitrogens is 1. The van der Waals surface area contributed by atoms with Gasteiger partial charge in [0.2, 0.25) is 0 Å². The molecule has 0 aliphatic heterocycles. The summed E-state index contributed by atoms with van der Waals surface area (Å²) in [6.07, 6.45) is 6.89. The van der Waals surface area contributed by atoms with Crippen LogP contribution in [0.5, 0.6) is 0 Å². The Balaban J connectivity index is 1.52. The molecule has 0 atom stereocenters. The van der Waals surface area contributed by atoms with Crippen molar-refractivity contribution in [2.45, 2.75) is 38.6 Å². The lowest BCUT2D eigenvalue weighted by Gasteiger charge is -2.11. The molecule has 0 amide bonds. The highest BCUT2D eigenvalue weighted by atomic mass is 15.3. The summed E-state index contributed by atoms with van der Waals surface area (Å²) >= 11 is 0. The first-order valence-electron chi connectivity index (χ1n) is 8.84. The SMILES string of the molecule is Cc1c2cc(Nc3n[nH]c4cccnc34)ccc2nn1C1CCCC1. The maximum atomic E-state index is 4.84. The van der Waals surface area contributed by atoms with Crippen molar-refractivity contribution in [3.63, 3.8) is 0 Å². The van der Waals surface area contributed by atoms with Crippen LogP contribution >= 0.6 is 0 Å². The van der Waals surface area contributed by atoms with Gasteiger partial charge in [-0.25, -0.2) is 0 Å². The van der Waals surface area contributed by atoms with Gasteiger partial charge in [0.25, 0.3) is 0 Å². The number of aromatic amines is 1. The van der Waals surface area contributed by atoms with Gasteiger partial charge in [-0.3, -0.25) is 14.8 Å². The van der Waals surface area contributed by atoms with Crippen molar-refractivity contribution in [1.29, 1.82) is 0 Å². The summed E-state index contributed by atoms with van der Waals surface area (Å²) in [6.45, 7) is 2.17. The molecule has 0 radical (unpaired) electrons. The highest BCUT2D eigenvalue weighted by Crippen LogP contribution is 2.33. The fourth-order valence-electron chi connectivity index (χ4n) is 3.89. The highest BCUT2D eigenvalue weighted by molar-refractivity contribution is 5.90. The molecule has 2 N–H and O–H groups in total. The minimum absolute atomic E-state index is 0.559. The molecule has 0 spiro atoms. The van der Waals surface area contributed by atoms with Gasteiger partial charge in [-0.2, -0.15) is 10.2 Å². The lowest BCUT2D eigenvalue weighted by molar-refractivity contribution is 0.460. The zero-order valence-electron chi connectivity index (χ0n) is 14.2. The molecule has 5 rings (SSSR count). The van der Waals surface area contributed by atoms with Crippen LogP contribution < -0.4 is 5.32 Å². The Labute approximate surface area is 145 Å². The van der Waals surface area contributed by atoms with Crippen LogP contribution in [0.1, 0.15) is 37.4 Å². The van der Waals surface area contributed by atoms with Crippen LogP contribution in [0, 0.1) is 6.92 Å². The molecule has 4 aromatic rings. The molecule has 6 heteroatoms. The third-order valence-electron chi connectivity index (χ3n) is 5.20. The summed E-state index contributed by atoms with van der Waals surface area (Å²) in [5.74, 6) is 0.746. The molecule has 6 nitrogen and oxygen atoms in total. The van der Waals surface area contributed by atoms with E-state index in [1.807, 2.05) is 12.1 Å². The van der Waals surface area contributed by atoms with Gasteiger partial charge in [-0.15, -0.1) is 0 Å². The monoisotopic (exact) mass is 332 g/mol. The Kier molecular flexibility index (Phi) is 3.23. The number of hydrogen-bond donors (Lipinski definition) is 2. The molecule has 1 saturated carbocycles. The van der Waals surface area contributed by atoms with E-state index < -0.39 is 0 Å². The van der Waals surface area contributed by atoms with E-state index >= 15 is 0 Å². The third kappa shape index (κ3) is 2.36. The minimum atomic E-state index is 0.559. The second-order valence-electron chi connectivity index (χ2n) is 6.80. The molecule has 3 heterocycles. The number of anilines is 2. The number of nitrogens with zero attached hydrogens (tertiary/aromatic N) is 4. The fraction of sp³-hybridized carbons (Fsp3) is 0.316. The molecule has 0 bridgehead atoms. The first kappa shape index (κ1) is 14.5. The second kappa shape index (κ2) is 5.58. The number of pyridine rings is 1. The van der Waals surface area contributed by atoms with Gasteiger partial charge in [-0.05, 0) is 50.1 Å². The van der Waals surface area contributed by atoms with Crippen molar-refractivity contribution in [3.8, 4) is 0 Å². The van der Waals surface area contributed by atoms with Crippen LogP contribution in [0.2, 0.25) is 0 Å². The number of fused-ring (bicyclic) bond motifs is 2. The summed E-state index contributed by atoms with van der Waals surface area (Å²) in [5, 5.41) is 16.8. The standard InChI is InChI=1S/C19H20N6/c1-12-15-11-13(21-19-18-17(22-23-19)7-4-10-20-18)8-9-16(15)24-25(12)14-5-2-3-6-14/h4,7-11,14H,2-3,5-6H2,1H3,(H2,21,22,23). The number of rotatable bonds is 3. The number of aryl methyl sites for hydroxylation is 1. The van der Waals surface area contributed by atoms with Crippen LogP contribution in [0.25, 0.3) is 21.9 Å². The van der Waals surface area contributed by atoms with Gasteiger partial charge in [0.1, 0.15) is 5.52 Å². The molecular weight excluding hydrogens is 312 g/mol. The second-order valence-corrected chi connectivity index (χ2v) is 6.80. The molecule has 1 aliphatic carbocycles. The topological polar surface area (TPSA) is 71.4 Å². The smallest absolute Gasteiger partial charge is 0.178 e. The first-order valence-corrected chi connectivity index (χ1v) is 8.84. The summed E-state index contributed by atoms with van der Waals surface area (Å²) in [5.41, 5.74) is 5.08. The Hall–Kier alpha value is -2.89. The average molecular weight is 332 g/mol. The molecule has 0 saturated heterocycles. The van der Waals surface area contributed by atoms with Crippen LogP contribution in [0.4, 0.5) is 11.5 Å². The first-order chi connectivity index (χ1) is 12.3. The Morgan fingerprint density at radius 1 is 1.20 bits per heavy atom. The van der Waals surface area contributed by atoms with E-state index in [0.29, 0.717) is 6.04 Å². The summed E-state index contributed by atoms with van der Waals surface area (Å²) in [6, 6.07) is 10.7. The van der Waals surface area contributed by atoms with E-state index in [1.54, 1.807) is 6.20 Å². The van der Waals surface area contributed by atoms with E-state index in [4.69, 9.17) is 5.10 Å². The largest absolute Gasteiger partial charge is 0.337 e. The van der Waals surface area contributed by atoms with Gasteiger partial charge in [0, 0.05) is 23.0 Å². The van der Waals surface area contributed by atoms with Crippen LogP contribution in [0.15, 0.2) is 36.5 Å². The van der Waals surface area contributed by atoms with Gasteiger partial charge in [0.15, 0.2) is 5.82 Å². The normalized spacial score (nSPS) is 15.4. The van der Waals surface area contributed by atoms with Crippen molar-refractivity contribution < 1.29 is 0 Å². The number of aromatic nitrogens is 5. The van der Waals surface area contributed by atoms with Crippen LogP contribution in [0.3, 0.4) is 0 Å². The van der Waals surface area contributed by atoms with Gasteiger partial charge >= 0.3 is 0 Å². The quantitative estimate of drug-likeness (QED) is 0.580. The van der Waals surface area contributed by atoms with Gasteiger partial charge in [-0.1, -0.05) is 12.8 Å². The predicted octanol–water partition coefficient (Wildman–Crippen LogP) is 4.47. The van der Waals surface area contributed by atoms with Crippen molar-refractivity contribution >= 4 is 33.4 Å². The zero-order chi connectivity index (χ0) is 16.8. The summed E-state index contributed by atoms with van der Waals surface area (Å²) < 4.78 is 2.23. The minimum Gasteiger partial charge on any atom is -0.337 e. The average Bonchev–Trinajstić information content (AvgIpc) is 3.36. The zero-order valence-corrected chi connectivity index (χ0v) is 14.2. The number of nitrogens with one attached hydrogen (secondary N) is 2. The lowest BCUT2D eigenvalue weighted by Crippen LogP contribution is -2.07. The molecular formula is C19H20N6. The molecule has 1 fully saturated rings. The molecule has 1 aliphatic rings. The van der Waals surface area contributed by atoms with E-state index in [0.717, 1.165) is 28.1 Å². The molecule has 3 aromatic heterocycles. The molecule has 0 unspecified atom stereocenters. The van der Waals surface area contributed by atoms with Gasteiger partial charge < -0.3 is 5.32 Å². The maximum Gasteiger partial charge on any atom is 0.178 e. The van der Waals surface area contributed by atoms with Crippen LogP contribution in [-0.4, -0.2) is 25.0 Å². The number of benzene rings is 1. The molecule has 25 heavy (non-hydrogen) atoms. The van der Waals surface area contributed by atoms with Crippen molar-refractivity contribution in [3.05, 3.63) is 42.2 Å². The lowest BCUT2D eigenvalue weighted by atomic mass is 10.2. The summed E-state index contributed by atoms with van der Waals surface area (Å²) in [7, 11) is 0. The van der Waals surface area contributed by atoms with Crippen molar-refractivity contribution in [2.24, 2.45) is 0 Å². The number of hydrogen-bond acceptors (Lipinski definition) is 4. The van der Waals surface area contributed by atoms with Gasteiger partial charge in [0.05, 0.1) is 17.1 Å². The molecule has 1 aromatic carbocycles. The van der Waals surface area contributed by atoms with E-state index in [-0.39, 0.29) is 0 Å². The van der Waals surface area contributed by atoms with Crippen molar-refractivity contribution in [2.75, 3.05) is 5.32 Å². The Morgan fingerprint density at radius 3 is 2.96 bits per heavy atom. The maximum absolute atomic E-state index is 4.84. The van der Waals surface area contributed by atoms with E-state index in [9.17, 15) is 0 Å². The fourth-order valence-corrected chi connectivity index (χ4v) is 3.89. The Morgan fingerprint density at radius 2 is 2.08 bits per heavy atom. The predicted molar refractivity (Wildman–Crippen MR) is 99.1 cm³/mol. The van der Waals surface area contributed by atoms with Crippen molar-refractivity contribution in [1.82, 2.24) is 25.0 Å². The Bertz CT molecular complexity index is 1050. The summed E-state index contributed by atoms with van der Waals surface area (Å²) in [4.78, 5) is 4.40. The third-order valence-corrected chi connectivity index (χ3v) is 5.20. The van der Waals surface area contributed by atoms with Crippen LogP contribution in [-0.2, 0) is 0 Å². The molecule has 126 valence electrons.